The molecule has 1 aliphatic rings. The summed E-state index contributed by atoms with van der Waals surface area (Å²) in [6, 6.07) is 17.0. The second kappa shape index (κ2) is 9.14. The SMILES string of the molecule is Cc1ccc(OC(=O)c2oc3c(c2C)/C(=N/NC(=S)Nc2ccccc2)CCC3)cc1. The van der Waals surface area contributed by atoms with Crippen molar-refractivity contribution in [3.05, 3.63) is 82.8 Å². The van der Waals surface area contributed by atoms with Gasteiger partial charge >= 0.3 is 5.97 Å². The Hall–Kier alpha value is -3.45. The van der Waals surface area contributed by atoms with E-state index in [1.54, 1.807) is 12.1 Å². The summed E-state index contributed by atoms with van der Waals surface area (Å²) in [7, 11) is 0. The molecule has 0 atom stereocenters. The van der Waals surface area contributed by atoms with Crippen LogP contribution < -0.4 is 15.5 Å². The number of hydrogen-bond donors (Lipinski definition) is 2. The molecule has 31 heavy (non-hydrogen) atoms. The summed E-state index contributed by atoms with van der Waals surface area (Å²) < 4.78 is 11.4. The first-order valence-electron chi connectivity index (χ1n) is 10.1. The highest BCUT2D eigenvalue weighted by Crippen LogP contribution is 2.30. The van der Waals surface area contributed by atoms with Gasteiger partial charge in [-0.15, -0.1) is 0 Å². The second-order valence-electron chi connectivity index (χ2n) is 7.40. The van der Waals surface area contributed by atoms with Gasteiger partial charge in [-0.2, -0.15) is 5.10 Å². The van der Waals surface area contributed by atoms with Crippen LogP contribution in [-0.4, -0.2) is 16.8 Å². The van der Waals surface area contributed by atoms with Crippen LogP contribution in [0.15, 0.2) is 64.1 Å². The lowest BCUT2D eigenvalue weighted by Gasteiger charge is -2.14. The molecule has 0 amide bonds. The second-order valence-corrected chi connectivity index (χ2v) is 7.81. The lowest BCUT2D eigenvalue weighted by Crippen LogP contribution is -2.26. The van der Waals surface area contributed by atoms with Gasteiger partial charge < -0.3 is 14.5 Å². The van der Waals surface area contributed by atoms with Crippen LogP contribution in [0.4, 0.5) is 5.69 Å². The third-order valence-corrected chi connectivity index (χ3v) is 5.26. The highest BCUT2D eigenvalue weighted by atomic mass is 32.1. The maximum absolute atomic E-state index is 12.7. The number of esters is 1. The first kappa shape index (κ1) is 20.8. The molecular weight excluding hydrogens is 410 g/mol. The van der Waals surface area contributed by atoms with E-state index < -0.39 is 5.97 Å². The Labute approximate surface area is 186 Å². The maximum Gasteiger partial charge on any atom is 0.379 e. The van der Waals surface area contributed by atoms with Gasteiger partial charge in [0.05, 0.1) is 5.71 Å². The third-order valence-electron chi connectivity index (χ3n) is 5.07. The molecule has 3 aromatic rings. The van der Waals surface area contributed by atoms with Crippen LogP contribution in [0.25, 0.3) is 0 Å². The molecule has 0 unspecified atom stereocenters. The van der Waals surface area contributed by atoms with Crippen molar-refractivity contribution in [2.45, 2.75) is 33.1 Å². The number of carbonyl (C=O) groups excluding carboxylic acids is 1. The zero-order chi connectivity index (χ0) is 21.8. The number of nitrogens with one attached hydrogen (secondary N) is 2. The highest BCUT2D eigenvalue weighted by Gasteiger charge is 2.29. The average molecular weight is 434 g/mol. The van der Waals surface area contributed by atoms with Gasteiger partial charge in [0.2, 0.25) is 5.76 Å². The van der Waals surface area contributed by atoms with Crippen molar-refractivity contribution >= 4 is 34.7 Å². The first-order valence-corrected chi connectivity index (χ1v) is 10.5. The summed E-state index contributed by atoms with van der Waals surface area (Å²) in [5.41, 5.74) is 7.28. The Kier molecular flexibility index (Phi) is 6.13. The maximum atomic E-state index is 12.7. The molecular formula is C24H23N3O3S. The lowest BCUT2D eigenvalue weighted by atomic mass is 9.93. The van der Waals surface area contributed by atoms with E-state index in [0.29, 0.717) is 10.9 Å². The van der Waals surface area contributed by atoms with Gasteiger partial charge in [0, 0.05) is 23.2 Å². The number of fused-ring (bicyclic) bond motifs is 1. The van der Waals surface area contributed by atoms with E-state index in [0.717, 1.165) is 53.1 Å². The summed E-state index contributed by atoms with van der Waals surface area (Å²) in [6.07, 6.45) is 2.40. The Morgan fingerprint density at radius 3 is 2.55 bits per heavy atom. The predicted octanol–water partition coefficient (Wildman–Crippen LogP) is 5.14. The molecule has 158 valence electrons. The minimum absolute atomic E-state index is 0.213. The number of ether oxygens (including phenoxy) is 1. The van der Waals surface area contributed by atoms with Crippen molar-refractivity contribution in [2.24, 2.45) is 5.10 Å². The van der Waals surface area contributed by atoms with Crippen molar-refractivity contribution in [2.75, 3.05) is 5.32 Å². The van der Waals surface area contributed by atoms with E-state index in [4.69, 9.17) is 21.4 Å². The smallest absolute Gasteiger partial charge is 0.379 e. The number of furan rings is 1. The van der Waals surface area contributed by atoms with Crippen LogP contribution in [0.3, 0.4) is 0 Å². The molecule has 0 spiro atoms. The minimum atomic E-state index is -0.510. The number of hydrazone groups is 1. The fraction of sp³-hybridized carbons (Fsp3) is 0.208. The quantitative estimate of drug-likeness (QED) is 0.257. The molecule has 2 N–H and O–H groups in total. The van der Waals surface area contributed by atoms with Gasteiger partial charge in [-0.25, -0.2) is 4.79 Å². The number of para-hydroxylation sites is 1. The van der Waals surface area contributed by atoms with Crippen molar-refractivity contribution in [1.29, 1.82) is 0 Å². The third kappa shape index (κ3) is 4.83. The Balaban J connectivity index is 1.51. The van der Waals surface area contributed by atoms with Crippen molar-refractivity contribution < 1.29 is 13.9 Å². The number of carbonyl (C=O) groups is 1. The van der Waals surface area contributed by atoms with Gasteiger partial charge in [-0.1, -0.05) is 35.9 Å². The van der Waals surface area contributed by atoms with Crippen molar-refractivity contribution in [1.82, 2.24) is 5.43 Å². The molecule has 0 radical (unpaired) electrons. The van der Waals surface area contributed by atoms with Crippen molar-refractivity contribution in [3.8, 4) is 5.75 Å². The summed E-state index contributed by atoms with van der Waals surface area (Å²) in [4.78, 5) is 12.7. The van der Waals surface area contributed by atoms with Crippen LogP contribution in [-0.2, 0) is 6.42 Å². The standard InChI is InChI=1S/C24H23N3O3S/c1-15-11-13-18(14-12-15)29-23(28)22-16(2)21-19(9-6-10-20(21)30-22)26-27-24(31)25-17-7-4-3-5-8-17/h3-5,7-8,11-14H,6,9-10H2,1-2H3,(H2,25,27,31)/b26-19+. The fourth-order valence-corrected chi connectivity index (χ4v) is 3.70. The van der Waals surface area contributed by atoms with Crippen molar-refractivity contribution in [3.63, 3.8) is 0 Å². The molecule has 6 nitrogen and oxygen atoms in total. The molecule has 4 rings (SSSR count). The van der Waals surface area contributed by atoms with E-state index >= 15 is 0 Å². The van der Waals surface area contributed by atoms with E-state index in [9.17, 15) is 4.79 Å². The Bertz CT molecular complexity index is 1130. The number of aryl methyl sites for hydroxylation is 2. The molecule has 0 aliphatic heterocycles. The number of benzene rings is 2. The van der Waals surface area contributed by atoms with Gasteiger partial charge in [-0.05, 0) is 63.2 Å². The minimum Gasteiger partial charge on any atom is -0.453 e. The fourth-order valence-electron chi connectivity index (χ4n) is 3.53. The van der Waals surface area contributed by atoms with Gasteiger partial charge in [0.25, 0.3) is 0 Å². The number of hydrogen-bond acceptors (Lipinski definition) is 5. The molecule has 0 fully saturated rings. The predicted molar refractivity (Wildman–Crippen MR) is 125 cm³/mol. The normalized spacial score (nSPS) is 14.1. The summed E-state index contributed by atoms with van der Waals surface area (Å²) in [6.45, 7) is 3.84. The monoisotopic (exact) mass is 433 g/mol. The lowest BCUT2D eigenvalue weighted by molar-refractivity contribution is 0.0698. The zero-order valence-electron chi connectivity index (χ0n) is 17.4. The topological polar surface area (TPSA) is 75.9 Å². The van der Waals surface area contributed by atoms with Gasteiger partial charge in [0.15, 0.2) is 5.11 Å². The van der Waals surface area contributed by atoms with Crippen LogP contribution in [0, 0.1) is 13.8 Å². The van der Waals surface area contributed by atoms with Crippen LogP contribution in [0.1, 0.15) is 45.8 Å². The van der Waals surface area contributed by atoms with E-state index in [1.807, 2.05) is 56.3 Å². The summed E-state index contributed by atoms with van der Waals surface area (Å²) in [5.74, 6) is 0.939. The number of rotatable bonds is 4. The molecule has 1 aliphatic carbocycles. The molecule has 0 saturated carbocycles. The van der Waals surface area contributed by atoms with E-state index in [1.165, 1.54) is 0 Å². The van der Waals surface area contributed by atoms with Crippen LogP contribution in [0.5, 0.6) is 5.75 Å². The first-order chi connectivity index (χ1) is 15.0. The molecule has 7 heteroatoms. The summed E-state index contributed by atoms with van der Waals surface area (Å²) in [5, 5.41) is 7.98. The van der Waals surface area contributed by atoms with E-state index in [-0.39, 0.29) is 5.76 Å². The van der Waals surface area contributed by atoms with Crippen LogP contribution >= 0.6 is 12.2 Å². The average Bonchev–Trinajstić information content (AvgIpc) is 3.12. The Morgan fingerprint density at radius 1 is 1.06 bits per heavy atom. The summed E-state index contributed by atoms with van der Waals surface area (Å²) >= 11 is 5.34. The Morgan fingerprint density at radius 2 is 1.81 bits per heavy atom. The van der Waals surface area contributed by atoms with Gasteiger partial charge in [-0.3, -0.25) is 5.43 Å². The zero-order valence-corrected chi connectivity index (χ0v) is 18.2. The molecule has 1 aromatic heterocycles. The molecule has 2 aromatic carbocycles. The molecule has 0 saturated heterocycles. The largest absolute Gasteiger partial charge is 0.453 e. The number of anilines is 1. The van der Waals surface area contributed by atoms with Crippen LogP contribution in [0.2, 0.25) is 0 Å². The number of nitrogens with zero attached hydrogens (tertiary/aromatic N) is 1. The number of thiocarbonyl (C=S) groups is 1. The van der Waals surface area contributed by atoms with E-state index in [2.05, 4.69) is 15.8 Å². The molecule has 0 bridgehead atoms. The highest BCUT2D eigenvalue weighted by molar-refractivity contribution is 7.80. The van der Waals surface area contributed by atoms with Gasteiger partial charge in [0.1, 0.15) is 11.5 Å². The molecule has 1 heterocycles.